The fourth-order valence-corrected chi connectivity index (χ4v) is 1.72. The summed E-state index contributed by atoms with van der Waals surface area (Å²) < 4.78 is 16.1. The molecule has 0 spiro atoms. The van der Waals surface area contributed by atoms with E-state index in [1.54, 1.807) is 25.3 Å². The Morgan fingerprint density at radius 3 is 2.50 bits per heavy atom. The van der Waals surface area contributed by atoms with E-state index in [0.29, 0.717) is 31.0 Å². The molecule has 112 valence electrons. The number of ether oxygens (including phenoxy) is 3. The summed E-state index contributed by atoms with van der Waals surface area (Å²) in [4.78, 5) is 0. The summed E-state index contributed by atoms with van der Waals surface area (Å²) in [5.41, 5.74) is 1.20. The Morgan fingerprint density at radius 1 is 1.10 bits per heavy atom. The van der Waals surface area contributed by atoms with Gasteiger partial charge in [0.15, 0.2) is 0 Å². The van der Waals surface area contributed by atoms with E-state index >= 15 is 0 Å². The topological polar surface area (TPSA) is 68.2 Å². The summed E-state index contributed by atoms with van der Waals surface area (Å²) in [6.45, 7) is 4.29. The van der Waals surface area contributed by atoms with Crippen LogP contribution in [0.25, 0.3) is 0 Å². The first kappa shape index (κ1) is 17.0. The van der Waals surface area contributed by atoms with Crippen molar-refractivity contribution < 1.29 is 24.3 Å². The van der Waals surface area contributed by atoms with Crippen LogP contribution >= 0.6 is 0 Å². The summed E-state index contributed by atoms with van der Waals surface area (Å²) >= 11 is 0. The van der Waals surface area contributed by atoms with E-state index < -0.39 is 7.12 Å². The molecule has 1 rings (SSSR count). The van der Waals surface area contributed by atoms with E-state index in [0.717, 1.165) is 25.0 Å². The van der Waals surface area contributed by atoms with Crippen molar-refractivity contribution in [2.45, 2.75) is 26.4 Å². The normalized spacial score (nSPS) is 10.6. The molecule has 0 fully saturated rings. The van der Waals surface area contributed by atoms with Crippen molar-refractivity contribution in [1.29, 1.82) is 0 Å². The van der Waals surface area contributed by atoms with Crippen molar-refractivity contribution >= 4 is 12.6 Å². The Kier molecular flexibility index (Phi) is 8.29. The van der Waals surface area contributed by atoms with Crippen LogP contribution in [0.1, 0.15) is 25.3 Å². The van der Waals surface area contributed by atoms with E-state index in [1.165, 1.54) is 0 Å². The highest BCUT2D eigenvalue weighted by Gasteiger charge is 2.13. The van der Waals surface area contributed by atoms with Crippen molar-refractivity contribution in [3.63, 3.8) is 0 Å². The number of methoxy groups -OCH3 is 1. The molecule has 0 aliphatic rings. The predicted octanol–water partition coefficient (Wildman–Crippen LogP) is 0.708. The molecule has 5 nitrogen and oxygen atoms in total. The monoisotopic (exact) mass is 282 g/mol. The lowest BCUT2D eigenvalue weighted by molar-refractivity contribution is 0.0391. The zero-order chi connectivity index (χ0) is 14.8. The van der Waals surface area contributed by atoms with Gasteiger partial charge in [0.2, 0.25) is 0 Å². The molecular formula is C14H23BO5. The Labute approximate surface area is 120 Å². The molecule has 0 aliphatic heterocycles. The molecular weight excluding hydrogens is 259 g/mol. The van der Waals surface area contributed by atoms with Gasteiger partial charge in [0, 0.05) is 12.2 Å². The van der Waals surface area contributed by atoms with Crippen molar-refractivity contribution in [3.8, 4) is 5.75 Å². The molecule has 0 heterocycles. The minimum Gasteiger partial charge on any atom is -0.496 e. The lowest BCUT2D eigenvalue weighted by Gasteiger charge is -2.11. The number of hydrogen-bond acceptors (Lipinski definition) is 5. The minimum atomic E-state index is -1.49. The number of unbranched alkanes of at least 4 members (excludes halogenated alkanes) is 1. The van der Waals surface area contributed by atoms with Gasteiger partial charge in [-0.25, -0.2) is 0 Å². The van der Waals surface area contributed by atoms with Gasteiger partial charge in [-0.3, -0.25) is 0 Å². The second-order valence-corrected chi connectivity index (χ2v) is 4.46. The summed E-state index contributed by atoms with van der Waals surface area (Å²) in [5.74, 6) is 0.668. The zero-order valence-corrected chi connectivity index (χ0v) is 12.2. The van der Waals surface area contributed by atoms with Crippen LogP contribution in [0, 0.1) is 0 Å². The fraction of sp³-hybridized carbons (Fsp3) is 0.571. The maximum atomic E-state index is 9.16. The lowest BCUT2D eigenvalue weighted by Crippen LogP contribution is -2.30. The molecule has 0 atom stereocenters. The molecule has 0 aliphatic carbocycles. The highest BCUT2D eigenvalue weighted by Crippen LogP contribution is 2.17. The molecule has 0 bridgehead atoms. The zero-order valence-electron chi connectivity index (χ0n) is 12.2. The fourth-order valence-electron chi connectivity index (χ4n) is 1.72. The summed E-state index contributed by atoms with van der Waals surface area (Å²) in [6.07, 6.45) is 2.18. The highest BCUT2D eigenvalue weighted by molar-refractivity contribution is 6.58. The SMILES string of the molecule is CCCCOCCOCc1cc(B(O)O)ccc1OC. The van der Waals surface area contributed by atoms with Crippen LogP contribution in [0.15, 0.2) is 18.2 Å². The van der Waals surface area contributed by atoms with Crippen molar-refractivity contribution in [2.75, 3.05) is 26.9 Å². The van der Waals surface area contributed by atoms with Crippen molar-refractivity contribution in [3.05, 3.63) is 23.8 Å². The smallest absolute Gasteiger partial charge is 0.488 e. The van der Waals surface area contributed by atoms with Crippen LogP contribution < -0.4 is 10.2 Å². The maximum Gasteiger partial charge on any atom is 0.488 e. The van der Waals surface area contributed by atoms with Gasteiger partial charge in [0.1, 0.15) is 5.75 Å². The van der Waals surface area contributed by atoms with Crippen LogP contribution in [-0.4, -0.2) is 44.1 Å². The Hall–Kier alpha value is -1.08. The highest BCUT2D eigenvalue weighted by atomic mass is 16.5. The molecule has 0 amide bonds. The number of benzene rings is 1. The quantitative estimate of drug-likeness (QED) is 0.488. The van der Waals surface area contributed by atoms with E-state index in [4.69, 9.17) is 24.3 Å². The van der Waals surface area contributed by atoms with E-state index in [9.17, 15) is 0 Å². The molecule has 6 heteroatoms. The van der Waals surface area contributed by atoms with Gasteiger partial charge in [0.25, 0.3) is 0 Å². The molecule has 1 aromatic rings. The second kappa shape index (κ2) is 9.77. The largest absolute Gasteiger partial charge is 0.496 e. The number of rotatable bonds is 10. The standard InChI is InChI=1S/C14H23BO5/c1-3-4-7-19-8-9-20-11-12-10-13(15(16)17)5-6-14(12)18-2/h5-6,10,16-17H,3-4,7-9,11H2,1-2H3. The Bertz CT molecular complexity index is 384. The van der Waals surface area contributed by atoms with E-state index in [1.807, 2.05) is 0 Å². The summed E-state index contributed by atoms with van der Waals surface area (Å²) in [6, 6.07) is 4.98. The number of hydrogen-bond donors (Lipinski definition) is 2. The third-order valence-corrected chi connectivity index (χ3v) is 2.87. The third-order valence-electron chi connectivity index (χ3n) is 2.87. The van der Waals surface area contributed by atoms with Crippen LogP contribution in [0.5, 0.6) is 5.75 Å². The van der Waals surface area contributed by atoms with Crippen LogP contribution in [0.3, 0.4) is 0 Å². The maximum absolute atomic E-state index is 9.16. The molecule has 20 heavy (non-hydrogen) atoms. The first-order chi connectivity index (χ1) is 9.69. The Balaban J connectivity index is 2.39. The van der Waals surface area contributed by atoms with Crippen molar-refractivity contribution in [1.82, 2.24) is 0 Å². The van der Waals surface area contributed by atoms with Crippen LogP contribution in [0.2, 0.25) is 0 Å². The van der Waals surface area contributed by atoms with E-state index in [-0.39, 0.29) is 0 Å². The van der Waals surface area contributed by atoms with Crippen LogP contribution in [-0.2, 0) is 16.1 Å². The minimum absolute atomic E-state index is 0.348. The van der Waals surface area contributed by atoms with Gasteiger partial charge in [-0.15, -0.1) is 0 Å². The molecule has 0 aromatic heterocycles. The Morgan fingerprint density at radius 2 is 1.85 bits per heavy atom. The molecule has 0 saturated carbocycles. The van der Waals surface area contributed by atoms with Crippen LogP contribution in [0.4, 0.5) is 0 Å². The van der Waals surface area contributed by atoms with Gasteiger partial charge >= 0.3 is 7.12 Å². The molecule has 0 radical (unpaired) electrons. The predicted molar refractivity (Wildman–Crippen MR) is 78.2 cm³/mol. The van der Waals surface area contributed by atoms with E-state index in [2.05, 4.69) is 6.92 Å². The van der Waals surface area contributed by atoms with Crippen molar-refractivity contribution in [2.24, 2.45) is 0 Å². The molecule has 0 saturated heterocycles. The lowest BCUT2D eigenvalue weighted by atomic mass is 9.79. The molecule has 2 N–H and O–H groups in total. The van der Waals surface area contributed by atoms with Gasteiger partial charge in [-0.2, -0.15) is 0 Å². The second-order valence-electron chi connectivity index (χ2n) is 4.46. The summed E-state index contributed by atoms with van der Waals surface area (Å²) in [5, 5.41) is 18.3. The van der Waals surface area contributed by atoms with Gasteiger partial charge in [-0.05, 0) is 17.9 Å². The average molecular weight is 282 g/mol. The van der Waals surface area contributed by atoms with Gasteiger partial charge in [-0.1, -0.05) is 25.5 Å². The molecule has 0 unspecified atom stereocenters. The first-order valence-electron chi connectivity index (χ1n) is 6.87. The average Bonchev–Trinajstić information content (AvgIpc) is 2.46. The first-order valence-corrected chi connectivity index (χ1v) is 6.87. The van der Waals surface area contributed by atoms with Gasteiger partial charge < -0.3 is 24.3 Å². The third kappa shape index (κ3) is 5.92. The molecule has 1 aromatic carbocycles. The summed E-state index contributed by atoms with van der Waals surface area (Å²) in [7, 11) is 0.0823. The van der Waals surface area contributed by atoms with Gasteiger partial charge in [0.05, 0.1) is 26.9 Å².